The van der Waals surface area contributed by atoms with Gasteiger partial charge in [0.2, 0.25) is 0 Å². The standard InChI is InChI=1S/C14H14BrNO2/c1-2-6-11-13(12(15)14(17)18-11)16-9-10-7-4-3-5-8-10/h2-5,7-8,11,16H,1,6,9H2. The Labute approximate surface area is 115 Å². The maximum absolute atomic E-state index is 11.5. The van der Waals surface area contributed by atoms with Crippen molar-refractivity contribution >= 4 is 21.9 Å². The van der Waals surface area contributed by atoms with Gasteiger partial charge in [0.15, 0.2) is 0 Å². The van der Waals surface area contributed by atoms with Gasteiger partial charge in [0, 0.05) is 13.0 Å². The van der Waals surface area contributed by atoms with E-state index in [1.807, 2.05) is 30.3 Å². The first-order valence-corrected chi connectivity index (χ1v) is 6.51. The van der Waals surface area contributed by atoms with E-state index in [1.54, 1.807) is 6.08 Å². The first-order valence-electron chi connectivity index (χ1n) is 5.71. The Morgan fingerprint density at radius 3 is 2.78 bits per heavy atom. The van der Waals surface area contributed by atoms with Crippen LogP contribution in [0.5, 0.6) is 0 Å². The predicted octanol–water partition coefficient (Wildman–Crippen LogP) is 2.88. The van der Waals surface area contributed by atoms with Gasteiger partial charge in [-0.1, -0.05) is 36.4 Å². The molecule has 0 aromatic heterocycles. The second-order valence-corrected chi connectivity index (χ2v) is 4.78. The van der Waals surface area contributed by atoms with Crippen LogP contribution in [-0.2, 0) is 16.1 Å². The molecule has 1 N–H and O–H groups in total. The van der Waals surface area contributed by atoms with Crippen molar-refractivity contribution in [1.29, 1.82) is 0 Å². The molecule has 0 saturated carbocycles. The Morgan fingerprint density at radius 2 is 2.11 bits per heavy atom. The van der Waals surface area contributed by atoms with Gasteiger partial charge in [0.1, 0.15) is 10.6 Å². The second kappa shape index (κ2) is 5.87. The van der Waals surface area contributed by atoms with E-state index in [2.05, 4.69) is 27.8 Å². The molecule has 1 aromatic rings. The summed E-state index contributed by atoms with van der Waals surface area (Å²) in [5.41, 5.74) is 1.95. The van der Waals surface area contributed by atoms with Crippen molar-refractivity contribution in [3.8, 4) is 0 Å². The van der Waals surface area contributed by atoms with E-state index < -0.39 is 0 Å². The first kappa shape index (κ1) is 12.9. The summed E-state index contributed by atoms with van der Waals surface area (Å²) in [6.45, 7) is 4.33. The fourth-order valence-electron chi connectivity index (χ4n) is 1.79. The van der Waals surface area contributed by atoms with Crippen molar-refractivity contribution in [3.05, 3.63) is 58.7 Å². The summed E-state index contributed by atoms with van der Waals surface area (Å²) < 4.78 is 5.70. The molecule has 0 aliphatic carbocycles. The van der Waals surface area contributed by atoms with Crippen LogP contribution >= 0.6 is 15.9 Å². The molecule has 2 rings (SSSR count). The van der Waals surface area contributed by atoms with Gasteiger partial charge in [-0.25, -0.2) is 4.79 Å². The normalized spacial score (nSPS) is 18.7. The van der Waals surface area contributed by atoms with E-state index in [-0.39, 0.29) is 12.1 Å². The number of rotatable bonds is 5. The van der Waals surface area contributed by atoms with Gasteiger partial charge in [0.05, 0.1) is 5.70 Å². The Bertz CT molecular complexity index is 482. The molecule has 1 unspecified atom stereocenters. The minimum absolute atomic E-state index is 0.256. The van der Waals surface area contributed by atoms with Gasteiger partial charge in [-0.15, -0.1) is 6.58 Å². The summed E-state index contributed by atoms with van der Waals surface area (Å²) >= 11 is 3.26. The highest BCUT2D eigenvalue weighted by Gasteiger charge is 2.31. The van der Waals surface area contributed by atoms with Crippen molar-refractivity contribution in [2.24, 2.45) is 0 Å². The molecule has 1 atom stereocenters. The second-order valence-electron chi connectivity index (χ2n) is 3.99. The summed E-state index contributed by atoms with van der Waals surface area (Å²) in [4.78, 5) is 11.5. The summed E-state index contributed by atoms with van der Waals surface area (Å²) in [6.07, 6.45) is 2.10. The van der Waals surface area contributed by atoms with E-state index in [4.69, 9.17) is 4.74 Å². The molecular weight excluding hydrogens is 294 g/mol. The van der Waals surface area contributed by atoms with Crippen LogP contribution in [0.15, 0.2) is 53.2 Å². The maximum Gasteiger partial charge on any atom is 0.347 e. The lowest BCUT2D eigenvalue weighted by atomic mass is 10.1. The molecule has 0 spiro atoms. The highest BCUT2D eigenvalue weighted by molar-refractivity contribution is 9.12. The van der Waals surface area contributed by atoms with Gasteiger partial charge in [-0.2, -0.15) is 0 Å². The zero-order chi connectivity index (χ0) is 13.0. The third kappa shape index (κ3) is 2.82. The highest BCUT2D eigenvalue weighted by atomic mass is 79.9. The van der Waals surface area contributed by atoms with Crippen molar-refractivity contribution < 1.29 is 9.53 Å². The first-order chi connectivity index (χ1) is 8.72. The molecule has 1 aliphatic heterocycles. The third-order valence-corrected chi connectivity index (χ3v) is 3.44. The quantitative estimate of drug-likeness (QED) is 0.671. The van der Waals surface area contributed by atoms with E-state index >= 15 is 0 Å². The molecule has 0 fully saturated rings. The number of benzene rings is 1. The fraction of sp³-hybridized carbons (Fsp3) is 0.214. The molecular formula is C14H14BrNO2. The Hall–Kier alpha value is -1.55. The number of nitrogens with one attached hydrogen (secondary N) is 1. The average molecular weight is 308 g/mol. The molecule has 0 bridgehead atoms. The Kier molecular flexibility index (Phi) is 4.20. The zero-order valence-electron chi connectivity index (χ0n) is 9.86. The molecule has 0 amide bonds. The molecule has 18 heavy (non-hydrogen) atoms. The zero-order valence-corrected chi connectivity index (χ0v) is 11.4. The fourth-order valence-corrected chi connectivity index (χ4v) is 2.28. The SMILES string of the molecule is C=CCC1OC(=O)C(Br)=C1NCc1ccccc1. The largest absolute Gasteiger partial charge is 0.452 e. The molecule has 1 aromatic carbocycles. The van der Waals surface area contributed by atoms with Crippen LogP contribution in [0.1, 0.15) is 12.0 Å². The average Bonchev–Trinajstić information content (AvgIpc) is 2.65. The van der Waals surface area contributed by atoms with Crippen LogP contribution < -0.4 is 5.32 Å². The number of halogens is 1. The van der Waals surface area contributed by atoms with E-state index in [0.29, 0.717) is 17.4 Å². The number of carbonyl (C=O) groups is 1. The molecule has 3 nitrogen and oxygen atoms in total. The van der Waals surface area contributed by atoms with Gasteiger partial charge in [0.25, 0.3) is 0 Å². The molecule has 4 heteroatoms. The highest BCUT2D eigenvalue weighted by Crippen LogP contribution is 2.27. The van der Waals surface area contributed by atoms with E-state index in [1.165, 1.54) is 0 Å². The number of cyclic esters (lactones) is 1. The van der Waals surface area contributed by atoms with Gasteiger partial charge in [-0.05, 0) is 21.5 Å². The topological polar surface area (TPSA) is 38.3 Å². The minimum Gasteiger partial charge on any atom is -0.452 e. The van der Waals surface area contributed by atoms with E-state index in [9.17, 15) is 4.79 Å². The van der Waals surface area contributed by atoms with Crippen LogP contribution in [0.4, 0.5) is 0 Å². The summed E-state index contributed by atoms with van der Waals surface area (Å²) in [7, 11) is 0. The lowest BCUT2D eigenvalue weighted by Gasteiger charge is -2.14. The molecule has 0 saturated heterocycles. The van der Waals surface area contributed by atoms with Gasteiger partial charge >= 0.3 is 5.97 Å². The van der Waals surface area contributed by atoms with Crippen LogP contribution in [0.2, 0.25) is 0 Å². The Balaban J connectivity index is 2.06. The molecule has 1 heterocycles. The number of carbonyl (C=O) groups excluding carboxylic acids is 1. The van der Waals surface area contributed by atoms with Crippen LogP contribution in [-0.4, -0.2) is 12.1 Å². The molecule has 0 radical (unpaired) electrons. The molecule has 94 valence electrons. The lowest BCUT2D eigenvalue weighted by Crippen LogP contribution is -2.22. The summed E-state index contributed by atoms with van der Waals surface area (Å²) in [6, 6.07) is 10.0. The van der Waals surface area contributed by atoms with Crippen LogP contribution in [0.25, 0.3) is 0 Å². The van der Waals surface area contributed by atoms with Gasteiger partial charge < -0.3 is 10.1 Å². The maximum atomic E-state index is 11.5. The third-order valence-electron chi connectivity index (χ3n) is 2.69. The number of esters is 1. The van der Waals surface area contributed by atoms with Crippen molar-refractivity contribution in [2.45, 2.75) is 19.1 Å². The van der Waals surface area contributed by atoms with Crippen molar-refractivity contribution in [3.63, 3.8) is 0 Å². The summed E-state index contributed by atoms with van der Waals surface area (Å²) in [5.74, 6) is -0.322. The predicted molar refractivity (Wildman–Crippen MR) is 73.9 cm³/mol. The monoisotopic (exact) mass is 307 g/mol. The number of hydrogen-bond donors (Lipinski definition) is 1. The van der Waals surface area contributed by atoms with Crippen LogP contribution in [0, 0.1) is 0 Å². The Morgan fingerprint density at radius 1 is 1.39 bits per heavy atom. The number of ether oxygens (including phenoxy) is 1. The lowest BCUT2D eigenvalue weighted by molar-refractivity contribution is -0.138. The minimum atomic E-state index is -0.322. The number of hydrogen-bond acceptors (Lipinski definition) is 3. The van der Waals surface area contributed by atoms with Crippen molar-refractivity contribution in [2.75, 3.05) is 0 Å². The van der Waals surface area contributed by atoms with Crippen LogP contribution in [0.3, 0.4) is 0 Å². The van der Waals surface area contributed by atoms with E-state index in [0.717, 1.165) is 11.3 Å². The molecule has 1 aliphatic rings. The van der Waals surface area contributed by atoms with Gasteiger partial charge in [-0.3, -0.25) is 0 Å². The van der Waals surface area contributed by atoms with Crippen molar-refractivity contribution in [1.82, 2.24) is 5.32 Å². The summed E-state index contributed by atoms with van der Waals surface area (Å²) in [5, 5.41) is 3.25. The smallest absolute Gasteiger partial charge is 0.347 e.